The van der Waals surface area contributed by atoms with Gasteiger partial charge in [-0.3, -0.25) is 14.2 Å². The maximum atomic E-state index is 12.8. The Balaban J connectivity index is 4.15. The number of ether oxygens (including phenoxy) is 2. The fourth-order valence-electron chi connectivity index (χ4n) is 8.00. The molecule has 0 N–H and O–H groups in total. The van der Waals surface area contributed by atoms with Gasteiger partial charge in [0.1, 0.15) is 19.8 Å². The molecule has 0 radical (unpaired) electrons. The molecule has 0 bridgehead atoms. The van der Waals surface area contributed by atoms with Crippen molar-refractivity contribution in [2.24, 2.45) is 0 Å². The first-order valence-corrected chi connectivity index (χ1v) is 34.0. The molecule has 0 aliphatic heterocycles. The van der Waals surface area contributed by atoms with Gasteiger partial charge in [-0.25, -0.2) is 0 Å². The maximum Gasteiger partial charge on any atom is 0.306 e. The molecule has 0 saturated heterocycles. The van der Waals surface area contributed by atoms with Gasteiger partial charge in [-0.05, 0) is 135 Å². The zero-order valence-corrected chi connectivity index (χ0v) is 54.4. The molecule has 0 saturated carbocycles. The number of carbonyl (C=O) groups excluding carboxylic acids is 2. The molecule has 2 unspecified atom stereocenters. The number of unbranched alkanes of at least 4 members (excludes halogenated alkanes) is 13. The van der Waals surface area contributed by atoms with Gasteiger partial charge in [-0.15, -0.1) is 0 Å². The Bertz CT molecular complexity index is 2070. The highest BCUT2D eigenvalue weighted by molar-refractivity contribution is 7.45. The van der Waals surface area contributed by atoms with Crippen LogP contribution in [-0.2, 0) is 32.7 Å². The van der Waals surface area contributed by atoms with Gasteiger partial charge < -0.3 is 27.9 Å². The SMILES string of the molecule is CC/C=C\C/C=C\C/C=C\C/C=C\C/C=C\C/C=C\C/C=C\C/C=C\C/C=C\C/C=C\CCCCCCCCCCCCC(=O)OC(COC(=O)CCCCC/C=C\C/C=C\C/C=C\C/C=C\C/C=C\CC)COP(=O)([O-])OCC[N+](C)(C)C. The second kappa shape index (κ2) is 62.6. The van der Waals surface area contributed by atoms with Gasteiger partial charge in [0.2, 0.25) is 0 Å². The molecule has 0 rings (SSSR count). The zero-order chi connectivity index (χ0) is 61.2. The summed E-state index contributed by atoms with van der Waals surface area (Å²) >= 11 is 0. The number of hydrogen-bond acceptors (Lipinski definition) is 8. The number of phosphoric acid groups is 1. The quantitative estimate of drug-likeness (QED) is 0.0195. The molecule has 0 aliphatic rings. The van der Waals surface area contributed by atoms with E-state index in [-0.39, 0.29) is 26.1 Å². The second-order valence-electron chi connectivity index (χ2n) is 22.0. The summed E-state index contributed by atoms with van der Waals surface area (Å²) in [6, 6.07) is 0. The minimum atomic E-state index is -4.66. The highest BCUT2D eigenvalue weighted by Gasteiger charge is 2.22. The predicted molar refractivity (Wildman–Crippen MR) is 359 cm³/mol. The van der Waals surface area contributed by atoms with Gasteiger partial charge >= 0.3 is 11.9 Å². The van der Waals surface area contributed by atoms with E-state index in [2.05, 4.69) is 196 Å². The molecular weight excluding hydrogens is 1060 g/mol. The van der Waals surface area contributed by atoms with Crippen molar-refractivity contribution in [3.8, 4) is 0 Å². The van der Waals surface area contributed by atoms with Crippen molar-refractivity contribution in [3.05, 3.63) is 182 Å². The third-order valence-corrected chi connectivity index (χ3v) is 13.9. The summed E-state index contributed by atoms with van der Waals surface area (Å²) in [6.07, 6.45) is 96.7. The zero-order valence-electron chi connectivity index (χ0n) is 53.5. The number of likely N-dealkylation sites (N-methyl/N-ethyl adjacent to an activating group) is 1. The molecule has 10 heteroatoms. The third kappa shape index (κ3) is 66.3. The van der Waals surface area contributed by atoms with Crippen molar-refractivity contribution in [2.45, 2.75) is 225 Å². The first-order chi connectivity index (χ1) is 41.0. The summed E-state index contributed by atoms with van der Waals surface area (Å²) in [5.41, 5.74) is 0. The molecule has 0 amide bonds. The van der Waals surface area contributed by atoms with Crippen molar-refractivity contribution in [1.29, 1.82) is 0 Å². The van der Waals surface area contributed by atoms with Crippen LogP contribution < -0.4 is 4.89 Å². The van der Waals surface area contributed by atoms with E-state index >= 15 is 0 Å². The average Bonchev–Trinajstić information content (AvgIpc) is 3.61. The van der Waals surface area contributed by atoms with E-state index in [0.717, 1.165) is 141 Å². The molecule has 0 spiro atoms. The molecule has 84 heavy (non-hydrogen) atoms. The van der Waals surface area contributed by atoms with Gasteiger partial charge in [0.05, 0.1) is 27.7 Å². The van der Waals surface area contributed by atoms with E-state index in [1.165, 1.54) is 38.5 Å². The summed E-state index contributed by atoms with van der Waals surface area (Å²) in [7, 11) is 1.12. The van der Waals surface area contributed by atoms with E-state index in [9.17, 15) is 19.0 Å². The van der Waals surface area contributed by atoms with Crippen molar-refractivity contribution in [1.82, 2.24) is 0 Å². The lowest BCUT2D eigenvalue weighted by Gasteiger charge is -2.28. The summed E-state index contributed by atoms with van der Waals surface area (Å²) in [5, 5.41) is 0. The largest absolute Gasteiger partial charge is 0.756 e. The van der Waals surface area contributed by atoms with Gasteiger partial charge in [0, 0.05) is 12.8 Å². The van der Waals surface area contributed by atoms with E-state index in [0.29, 0.717) is 23.9 Å². The van der Waals surface area contributed by atoms with Gasteiger partial charge in [0.25, 0.3) is 7.82 Å². The topological polar surface area (TPSA) is 111 Å². The Morgan fingerprint density at radius 1 is 0.369 bits per heavy atom. The molecular formula is C74H118NO8P. The average molecular weight is 1180 g/mol. The van der Waals surface area contributed by atoms with Gasteiger partial charge in [0.15, 0.2) is 6.10 Å². The summed E-state index contributed by atoms with van der Waals surface area (Å²) in [6.45, 7) is 3.94. The van der Waals surface area contributed by atoms with Crippen LogP contribution in [0.25, 0.3) is 0 Å². The lowest BCUT2D eigenvalue weighted by atomic mass is 10.0. The van der Waals surface area contributed by atoms with Crippen molar-refractivity contribution in [3.63, 3.8) is 0 Å². The molecule has 0 fully saturated rings. The van der Waals surface area contributed by atoms with Crippen LogP contribution in [0.4, 0.5) is 0 Å². The third-order valence-electron chi connectivity index (χ3n) is 12.9. The predicted octanol–water partition coefficient (Wildman–Crippen LogP) is 20.5. The molecule has 0 aromatic rings. The Hall–Kier alpha value is -4.89. The molecule has 0 aliphatic carbocycles. The highest BCUT2D eigenvalue weighted by atomic mass is 31.2. The standard InChI is InChI=1S/C74H118NO8P/c1-6-8-10-12-14-16-18-20-22-24-26-27-28-29-30-31-32-33-34-35-36-37-38-39-40-41-42-43-44-45-46-47-49-51-53-55-57-59-61-63-65-67-74(77)83-72(71-82-84(78,79)81-69-68-75(3,4)5)70-80-73(76)66-64-62-60-58-56-54-52-50-48-25-23-21-19-17-15-13-11-9-7-2/h8-11,14-17,20-23,26-27,29-30,32-33,35-36,38-39,41-42,44-45,48,50,54,56,72H,6-7,12-13,18-19,24-25,28,31,34,37,40,43,46-47,49,51-53,55,57-71H2,1-5H3/b10-8-,11-9-,16-14-,17-15-,22-20-,23-21-,27-26-,30-29-,33-32-,36-35-,39-38-,42-41-,45-44-,50-48-,56-54-. The second-order valence-corrected chi connectivity index (χ2v) is 23.4. The van der Waals surface area contributed by atoms with E-state index in [4.69, 9.17) is 18.5 Å². The Morgan fingerprint density at radius 3 is 0.964 bits per heavy atom. The maximum absolute atomic E-state index is 12.8. The number of phosphoric ester groups is 1. The number of esters is 2. The minimum Gasteiger partial charge on any atom is -0.756 e. The Morgan fingerprint density at radius 2 is 0.643 bits per heavy atom. The molecule has 9 nitrogen and oxygen atoms in total. The fraction of sp³-hybridized carbons (Fsp3) is 0.568. The van der Waals surface area contributed by atoms with Crippen LogP contribution in [-0.4, -0.2) is 70.0 Å². The van der Waals surface area contributed by atoms with Crippen molar-refractivity contribution in [2.75, 3.05) is 47.5 Å². The van der Waals surface area contributed by atoms with E-state index in [1.807, 2.05) is 21.1 Å². The Labute approximate surface area is 514 Å². The smallest absolute Gasteiger partial charge is 0.306 e. The minimum absolute atomic E-state index is 0.0471. The molecule has 472 valence electrons. The number of quaternary nitrogens is 1. The van der Waals surface area contributed by atoms with E-state index < -0.39 is 32.5 Å². The number of hydrogen-bond donors (Lipinski definition) is 0. The highest BCUT2D eigenvalue weighted by Crippen LogP contribution is 2.38. The molecule has 0 aromatic carbocycles. The number of allylic oxidation sites excluding steroid dienone is 30. The fourth-order valence-corrected chi connectivity index (χ4v) is 8.73. The summed E-state index contributed by atoms with van der Waals surface area (Å²) in [5.74, 6) is -0.890. The summed E-state index contributed by atoms with van der Waals surface area (Å²) in [4.78, 5) is 37.9. The lowest BCUT2D eigenvalue weighted by Crippen LogP contribution is -2.37. The first-order valence-electron chi connectivity index (χ1n) is 32.5. The number of carbonyl (C=O) groups is 2. The lowest BCUT2D eigenvalue weighted by molar-refractivity contribution is -0.870. The van der Waals surface area contributed by atoms with Gasteiger partial charge in [-0.1, -0.05) is 254 Å². The summed E-state index contributed by atoms with van der Waals surface area (Å²) < 4.78 is 34.2. The molecule has 2 atom stereocenters. The van der Waals surface area contributed by atoms with Crippen LogP contribution in [0, 0.1) is 0 Å². The van der Waals surface area contributed by atoms with Gasteiger partial charge in [-0.2, -0.15) is 0 Å². The monoisotopic (exact) mass is 1180 g/mol. The normalized spacial score (nSPS) is 14.4. The van der Waals surface area contributed by atoms with Crippen LogP contribution >= 0.6 is 7.82 Å². The Kier molecular flexibility index (Phi) is 59.0. The molecule has 0 aromatic heterocycles. The van der Waals surface area contributed by atoms with Crippen molar-refractivity contribution >= 4 is 19.8 Å². The van der Waals surface area contributed by atoms with Crippen LogP contribution in [0.3, 0.4) is 0 Å². The van der Waals surface area contributed by atoms with Crippen LogP contribution in [0.15, 0.2) is 182 Å². The number of rotatable bonds is 57. The van der Waals surface area contributed by atoms with Crippen LogP contribution in [0.2, 0.25) is 0 Å². The molecule has 0 heterocycles. The number of nitrogens with zero attached hydrogens (tertiary/aromatic N) is 1. The van der Waals surface area contributed by atoms with Crippen LogP contribution in [0.1, 0.15) is 219 Å². The van der Waals surface area contributed by atoms with Crippen LogP contribution in [0.5, 0.6) is 0 Å². The first kappa shape index (κ1) is 79.1. The van der Waals surface area contributed by atoms with Crippen molar-refractivity contribution < 1.29 is 42.1 Å². The van der Waals surface area contributed by atoms with E-state index in [1.54, 1.807) is 0 Å².